The van der Waals surface area contributed by atoms with Gasteiger partial charge in [-0.05, 0) is 26.3 Å². The van der Waals surface area contributed by atoms with E-state index in [0.29, 0.717) is 5.56 Å². The normalized spacial score (nSPS) is 13.9. The first-order chi connectivity index (χ1) is 8.58. The summed E-state index contributed by atoms with van der Waals surface area (Å²) in [7, 11) is -5.02. The highest BCUT2D eigenvalue weighted by atomic mass is 32.3. The van der Waals surface area contributed by atoms with Gasteiger partial charge in [-0.3, -0.25) is 0 Å². The fraction of sp³-hybridized carbons (Fsp3) is 0.417. The first-order valence-electron chi connectivity index (χ1n) is 5.58. The molecule has 1 rings (SSSR count). The van der Waals surface area contributed by atoms with Gasteiger partial charge in [0, 0.05) is 0 Å². The molecule has 0 unspecified atom stereocenters. The second-order valence-corrected chi connectivity index (χ2v) is 6.04. The number of halogens is 1. The second-order valence-electron chi connectivity index (χ2n) is 4.93. The first-order valence-corrected chi connectivity index (χ1v) is 6.96. The van der Waals surface area contributed by atoms with E-state index in [1.807, 2.05) is 0 Å². The van der Waals surface area contributed by atoms with Gasteiger partial charge in [-0.25, -0.2) is 4.79 Å². The van der Waals surface area contributed by atoms with E-state index in [4.69, 9.17) is 4.74 Å². The number of hydrogen-bond donors (Lipinski definition) is 1. The number of nitrogens with one attached hydrogen (secondary N) is 1. The summed E-state index contributed by atoms with van der Waals surface area (Å²) in [5, 5.41) is 0. The third-order valence-electron chi connectivity index (χ3n) is 2.03. The van der Waals surface area contributed by atoms with Crippen molar-refractivity contribution in [3.05, 3.63) is 35.9 Å². The van der Waals surface area contributed by atoms with Gasteiger partial charge in [0.2, 0.25) is 0 Å². The van der Waals surface area contributed by atoms with Gasteiger partial charge in [-0.1, -0.05) is 34.2 Å². The van der Waals surface area contributed by atoms with E-state index >= 15 is 0 Å². The smallest absolute Gasteiger partial charge is 0.373 e. The quantitative estimate of drug-likeness (QED) is 0.678. The fourth-order valence-electron chi connectivity index (χ4n) is 1.40. The van der Waals surface area contributed by atoms with Crippen LogP contribution < -0.4 is 4.72 Å². The van der Waals surface area contributed by atoms with Gasteiger partial charge in [-0.15, -0.1) is 0 Å². The van der Waals surface area contributed by atoms with E-state index in [1.54, 1.807) is 43.7 Å². The minimum absolute atomic E-state index is 0.304. The lowest BCUT2D eigenvalue weighted by Gasteiger charge is -2.23. The van der Waals surface area contributed by atoms with Gasteiger partial charge in [0.05, 0.1) is 0 Å². The summed E-state index contributed by atoms with van der Waals surface area (Å²) in [6.07, 6.45) is 0. The van der Waals surface area contributed by atoms with E-state index in [1.165, 1.54) is 12.1 Å². The van der Waals surface area contributed by atoms with Crippen molar-refractivity contribution in [2.24, 2.45) is 0 Å². The SMILES string of the molecule is CC(C)(C)OC(=O)[C@H](NS(=O)(=O)F)c1ccccc1. The van der Waals surface area contributed by atoms with Crippen LogP contribution in [0.15, 0.2) is 30.3 Å². The molecule has 0 spiro atoms. The molecule has 0 amide bonds. The summed E-state index contributed by atoms with van der Waals surface area (Å²) in [6.45, 7) is 4.91. The maximum absolute atomic E-state index is 12.8. The molecule has 1 atom stereocenters. The molecule has 0 aliphatic carbocycles. The number of esters is 1. The molecule has 0 aliphatic heterocycles. The van der Waals surface area contributed by atoms with Crippen LogP contribution in [0.5, 0.6) is 0 Å². The van der Waals surface area contributed by atoms with Crippen molar-refractivity contribution in [2.45, 2.75) is 32.4 Å². The average molecular weight is 289 g/mol. The Hall–Kier alpha value is -1.47. The van der Waals surface area contributed by atoms with E-state index < -0.39 is 28.0 Å². The lowest BCUT2D eigenvalue weighted by atomic mass is 10.1. The number of hydrogen-bond acceptors (Lipinski definition) is 4. The van der Waals surface area contributed by atoms with Crippen molar-refractivity contribution in [1.29, 1.82) is 0 Å². The van der Waals surface area contributed by atoms with Crippen LogP contribution in [-0.4, -0.2) is 20.0 Å². The van der Waals surface area contributed by atoms with Crippen LogP contribution in [0.25, 0.3) is 0 Å². The number of carbonyl (C=O) groups is 1. The zero-order valence-corrected chi connectivity index (χ0v) is 11.7. The average Bonchev–Trinajstić information content (AvgIpc) is 2.23. The van der Waals surface area contributed by atoms with Gasteiger partial charge in [0.15, 0.2) is 0 Å². The minimum atomic E-state index is -5.02. The number of ether oxygens (including phenoxy) is 1. The Morgan fingerprint density at radius 2 is 1.79 bits per heavy atom. The Morgan fingerprint density at radius 3 is 2.21 bits per heavy atom. The Balaban J connectivity index is 3.03. The maximum Gasteiger partial charge on any atom is 0.373 e. The summed E-state index contributed by atoms with van der Waals surface area (Å²) in [4.78, 5) is 11.9. The topological polar surface area (TPSA) is 72.5 Å². The Kier molecular flexibility index (Phi) is 4.65. The second kappa shape index (κ2) is 5.66. The van der Waals surface area contributed by atoms with Gasteiger partial charge in [0.1, 0.15) is 11.6 Å². The van der Waals surface area contributed by atoms with Crippen molar-refractivity contribution in [1.82, 2.24) is 4.72 Å². The zero-order valence-electron chi connectivity index (χ0n) is 10.9. The number of carbonyl (C=O) groups excluding carboxylic acids is 1. The zero-order chi connectivity index (χ0) is 14.7. The molecule has 0 heterocycles. The van der Waals surface area contributed by atoms with Gasteiger partial charge in [0.25, 0.3) is 0 Å². The molecule has 0 fully saturated rings. The highest BCUT2D eigenvalue weighted by molar-refractivity contribution is 7.84. The molecule has 7 heteroatoms. The molecule has 0 aromatic heterocycles. The minimum Gasteiger partial charge on any atom is -0.459 e. The van der Waals surface area contributed by atoms with Crippen LogP contribution in [0.1, 0.15) is 32.4 Å². The molecular formula is C12H16FNO4S. The molecular weight excluding hydrogens is 273 g/mol. The Morgan fingerprint density at radius 1 is 1.26 bits per heavy atom. The lowest BCUT2D eigenvalue weighted by Crippen LogP contribution is -2.36. The molecule has 19 heavy (non-hydrogen) atoms. The molecule has 1 aromatic carbocycles. The monoisotopic (exact) mass is 289 g/mol. The molecule has 0 aliphatic rings. The van der Waals surface area contributed by atoms with Gasteiger partial charge >= 0.3 is 16.4 Å². The predicted molar refractivity (Wildman–Crippen MR) is 68.2 cm³/mol. The highest BCUT2D eigenvalue weighted by Crippen LogP contribution is 2.19. The third kappa shape index (κ3) is 5.80. The predicted octanol–water partition coefficient (Wildman–Crippen LogP) is 1.87. The van der Waals surface area contributed by atoms with E-state index in [9.17, 15) is 17.1 Å². The molecule has 0 bridgehead atoms. The molecule has 1 N–H and O–H groups in total. The van der Waals surface area contributed by atoms with Crippen LogP contribution >= 0.6 is 0 Å². The number of rotatable bonds is 4. The summed E-state index contributed by atoms with van der Waals surface area (Å²) in [6, 6.07) is 6.52. The summed E-state index contributed by atoms with van der Waals surface area (Å²) in [5.74, 6) is -0.861. The van der Waals surface area contributed by atoms with Crippen LogP contribution in [0.4, 0.5) is 3.89 Å². The molecule has 106 valence electrons. The van der Waals surface area contributed by atoms with Crippen molar-refractivity contribution in [2.75, 3.05) is 0 Å². The molecule has 0 saturated carbocycles. The third-order valence-corrected chi connectivity index (χ3v) is 2.55. The maximum atomic E-state index is 12.8. The van der Waals surface area contributed by atoms with Crippen molar-refractivity contribution < 1.29 is 21.8 Å². The van der Waals surface area contributed by atoms with Crippen LogP contribution in [0.2, 0.25) is 0 Å². The summed E-state index contributed by atoms with van der Waals surface area (Å²) in [5.41, 5.74) is -0.496. The number of benzene rings is 1. The van der Waals surface area contributed by atoms with Gasteiger partial charge < -0.3 is 4.74 Å². The molecule has 1 aromatic rings. The largest absolute Gasteiger partial charge is 0.459 e. The molecule has 0 radical (unpaired) electrons. The summed E-state index contributed by atoms with van der Waals surface area (Å²) >= 11 is 0. The van der Waals surface area contributed by atoms with Crippen LogP contribution in [0, 0.1) is 0 Å². The van der Waals surface area contributed by atoms with Crippen LogP contribution in [-0.2, 0) is 19.9 Å². The Bertz CT molecular complexity index is 537. The van der Waals surface area contributed by atoms with Crippen molar-refractivity contribution >= 4 is 16.4 Å². The fourth-order valence-corrected chi connectivity index (χ4v) is 1.91. The van der Waals surface area contributed by atoms with E-state index in [-0.39, 0.29) is 0 Å². The first kappa shape index (κ1) is 15.6. The van der Waals surface area contributed by atoms with Crippen LogP contribution in [0.3, 0.4) is 0 Å². The molecule has 5 nitrogen and oxygen atoms in total. The highest BCUT2D eigenvalue weighted by Gasteiger charge is 2.30. The molecule has 0 saturated heterocycles. The van der Waals surface area contributed by atoms with E-state index in [0.717, 1.165) is 0 Å². The Labute approximate surface area is 112 Å². The standard InChI is InChI=1S/C12H16FNO4S/c1-12(2,3)18-11(15)10(14-19(13,16)17)9-7-5-4-6-8-9/h4-8,10,14H,1-3H3/t10-/m1/s1. The van der Waals surface area contributed by atoms with Gasteiger partial charge in [-0.2, -0.15) is 13.1 Å². The van der Waals surface area contributed by atoms with E-state index in [2.05, 4.69) is 0 Å². The lowest BCUT2D eigenvalue weighted by molar-refractivity contribution is -0.157. The van der Waals surface area contributed by atoms with Crippen molar-refractivity contribution in [3.8, 4) is 0 Å². The van der Waals surface area contributed by atoms with Crippen molar-refractivity contribution in [3.63, 3.8) is 0 Å². The summed E-state index contributed by atoms with van der Waals surface area (Å²) < 4.78 is 40.9.